The first-order valence-corrected chi connectivity index (χ1v) is 9.63. The molecule has 0 aromatic heterocycles. The van der Waals surface area contributed by atoms with Crippen LogP contribution in [0.3, 0.4) is 0 Å². The molecule has 4 nitrogen and oxygen atoms in total. The molecule has 0 saturated heterocycles. The average Bonchev–Trinajstić information content (AvgIpc) is 3.21. The largest absolute Gasteiger partial charge is 0.485 e. The summed E-state index contributed by atoms with van der Waals surface area (Å²) in [5.74, 6) is -2.74. The van der Waals surface area contributed by atoms with Gasteiger partial charge in [0.25, 0.3) is 0 Å². The number of rotatable bonds is 4. The Morgan fingerprint density at radius 2 is 1.81 bits per heavy atom. The van der Waals surface area contributed by atoms with Crippen LogP contribution in [-0.4, -0.2) is 18.8 Å². The number of nitriles is 1. The smallest absolute Gasteiger partial charge is 0.387 e. The first-order chi connectivity index (χ1) is 15.4. The van der Waals surface area contributed by atoms with Crippen LogP contribution < -0.4 is 9.47 Å². The maximum atomic E-state index is 15.1. The van der Waals surface area contributed by atoms with Crippen molar-refractivity contribution in [3.05, 3.63) is 81.9 Å². The van der Waals surface area contributed by atoms with Gasteiger partial charge in [-0.2, -0.15) is 14.0 Å². The molecule has 0 amide bonds. The average molecular weight is 466 g/mol. The zero-order valence-electron chi connectivity index (χ0n) is 16.6. The molecule has 4 rings (SSSR count). The Kier molecular flexibility index (Phi) is 7.23. The van der Waals surface area contributed by atoms with Gasteiger partial charge in [-0.3, -0.25) is 0 Å². The van der Waals surface area contributed by atoms with E-state index in [0.717, 1.165) is 30.9 Å². The van der Waals surface area contributed by atoms with Crippen LogP contribution in [0.4, 0.5) is 17.6 Å². The van der Waals surface area contributed by atoms with Crippen LogP contribution in [0.5, 0.6) is 11.5 Å². The van der Waals surface area contributed by atoms with Gasteiger partial charge in [0.15, 0.2) is 11.6 Å². The van der Waals surface area contributed by atoms with Crippen LogP contribution >= 0.6 is 11.6 Å². The van der Waals surface area contributed by atoms with Gasteiger partial charge >= 0.3 is 6.61 Å². The zero-order valence-corrected chi connectivity index (χ0v) is 17.3. The highest BCUT2D eigenvalue weighted by molar-refractivity contribution is 6.34. The Hall–Kier alpha value is -3.28. The van der Waals surface area contributed by atoms with E-state index in [1.54, 1.807) is 6.07 Å². The Balaban J connectivity index is 0.00000141. The molecule has 0 bridgehead atoms. The van der Waals surface area contributed by atoms with Crippen molar-refractivity contribution in [1.29, 1.82) is 5.26 Å². The Morgan fingerprint density at radius 3 is 2.44 bits per heavy atom. The Labute approximate surface area is 186 Å². The topological polar surface area (TPSA) is 62.5 Å². The number of hydrogen-bond donors (Lipinski definition) is 1. The van der Waals surface area contributed by atoms with Gasteiger partial charge < -0.3 is 14.6 Å². The second-order valence-corrected chi connectivity index (χ2v) is 6.91. The molecule has 1 aliphatic rings. The van der Waals surface area contributed by atoms with E-state index in [9.17, 15) is 18.4 Å². The molecule has 0 radical (unpaired) electrons. The van der Waals surface area contributed by atoms with E-state index in [1.165, 1.54) is 0 Å². The lowest BCUT2D eigenvalue weighted by atomic mass is 9.91. The van der Waals surface area contributed by atoms with Crippen molar-refractivity contribution in [2.45, 2.75) is 19.1 Å². The number of hydrogen-bond acceptors (Lipinski definition) is 4. The van der Waals surface area contributed by atoms with Crippen LogP contribution in [-0.2, 0) is 6.42 Å². The summed E-state index contributed by atoms with van der Waals surface area (Å²) in [5, 5.41) is 16.0. The molecule has 9 heteroatoms. The number of benzene rings is 3. The van der Waals surface area contributed by atoms with Crippen LogP contribution in [0.1, 0.15) is 22.8 Å². The molecule has 1 N–H and O–H groups in total. The normalized spacial score (nSPS) is 14.2. The van der Waals surface area contributed by atoms with E-state index in [4.69, 9.17) is 21.4 Å². The number of alkyl halides is 2. The fourth-order valence-corrected chi connectivity index (χ4v) is 3.79. The van der Waals surface area contributed by atoms with Crippen molar-refractivity contribution in [3.8, 4) is 28.7 Å². The molecule has 32 heavy (non-hydrogen) atoms. The minimum Gasteiger partial charge on any atom is -0.485 e. The molecule has 1 unspecified atom stereocenters. The summed E-state index contributed by atoms with van der Waals surface area (Å²) in [6.45, 7) is -3.28. The third kappa shape index (κ3) is 4.35. The zero-order chi connectivity index (χ0) is 23.4. The van der Waals surface area contributed by atoms with Crippen molar-refractivity contribution < 1.29 is 32.1 Å². The maximum Gasteiger partial charge on any atom is 0.387 e. The molecular weight excluding hydrogens is 450 g/mol. The SMILES string of the molecule is CO.N#Cc1ccc(OC(F)F)c(F)c1-c1c(Cl)c(F)cc2c1CC(c1ccccc1)O2. The first kappa shape index (κ1) is 23.4. The van der Waals surface area contributed by atoms with E-state index in [0.29, 0.717) is 5.56 Å². The fourth-order valence-electron chi connectivity index (χ4n) is 3.52. The minimum atomic E-state index is -3.28. The summed E-state index contributed by atoms with van der Waals surface area (Å²) in [6, 6.07) is 14.0. The number of ether oxygens (including phenoxy) is 2. The van der Waals surface area contributed by atoms with Crippen LogP contribution in [0.15, 0.2) is 48.5 Å². The second-order valence-electron chi connectivity index (χ2n) is 6.54. The summed E-state index contributed by atoms with van der Waals surface area (Å²) in [6.07, 6.45) is -0.259. The molecule has 3 aromatic carbocycles. The molecule has 0 aliphatic carbocycles. The minimum absolute atomic E-state index is 0.112. The van der Waals surface area contributed by atoms with Crippen LogP contribution in [0.25, 0.3) is 11.1 Å². The highest BCUT2D eigenvalue weighted by Crippen LogP contribution is 2.48. The number of nitrogens with zero attached hydrogens (tertiary/aromatic N) is 1. The third-order valence-corrected chi connectivity index (χ3v) is 5.18. The highest BCUT2D eigenvalue weighted by Gasteiger charge is 2.33. The molecule has 0 saturated carbocycles. The van der Waals surface area contributed by atoms with Gasteiger partial charge in [-0.1, -0.05) is 41.9 Å². The summed E-state index contributed by atoms with van der Waals surface area (Å²) in [4.78, 5) is 0. The Morgan fingerprint density at radius 1 is 1.12 bits per heavy atom. The van der Waals surface area contributed by atoms with E-state index >= 15 is 4.39 Å². The standard InChI is InChI=1S/C22H12ClF4NO2.CH4O/c23-20-14(24)9-17-13(8-16(29-17)11-4-2-1-3-5-11)19(20)18-12(10-28)6-7-15(21(18)25)30-22(26)27;1-2/h1-7,9,16,22H,8H2;2H,1H3. The lowest BCUT2D eigenvalue weighted by Crippen LogP contribution is -2.06. The van der Waals surface area contributed by atoms with Gasteiger partial charge in [0.1, 0.15) is 17.7 Å². The number of aliphatic hydroxyl groups is 1. The molecule has 0 spiro atoms. The molecule has 166 valence electrons. The quantitative estimate of drug-likeness (QED) is 0.477. The van der Waals surface area contributed by atoms with Crippen molar-refractivity contribution in [3.63, 3.8) is 0 Å². The molecular formula is C23H16ClF4NO3. The number of aliphatic hydroxyl groups excluding tert-OH is 1. The van der Waals surface area contributed by atoms with Crippen LogP contribution in [0.2, 0.25) is 5.02 Å². The van der Waals surface area contributed by atoms with E-state index in [2.05, 4.69) is 4.74 Å². The molecule has 0 fully saturated rings. The maximum absolute atomic E-state index is 15.1. The number of fused-ring (bicyclic) bond motifs is 1. The van der Waals surface area contributed by atoms with Crippen LogP contribution in [0, 0.1) is 23.0 Å². The molecule has 1 atom stereocenters. The second kappa shape index (κ2) is 9.90. The monoisotopic (exact) mass is 465 g/mol. The summed E-state index contributed by atoms with van der Waals surface area (Å²) >= 11 is 6.17. The highest BCUT2D eigenvalue weighted by atomic mass is 35.5. The molecule has 1 heterocycles. The van der Waals surface area contributed by atoms with Crippen molar-refractivity contribution in [2.75, 3.05) is 7.11 Å². The van der Waals surface area contributed by atoms with E-state index in [1.807, 2.05) is 30.3 Å². The van der Waals surface area contributed by atoms with Gasteiger partial charge in [0.05, 0.1) is 16.7 Å². The van der Waals surface area contributed by atoms with Crippen molar-refractivity contribution in [2.24, 2.45) is 0 Å². The van der Waals surface area contributed by atoms with Gasteiger partial charge in [0, 0.05) is 36.3 Å². The molecule has 1 aliphatic heterocycles. The summed E-state index contributed by atoms with van der Waals surface area (Å²) in [5.41, 5.74) is 0.464. The van der Waals surface area contributed by atoms with Crippen molar-refractivity contribution >= 4 is 11.6 Å². The van der Waals surface area contributed by atoms with E-state index < -0.39 is 40.7 Å². The fraction of sp³-hybridized carbons (Fsp3) is 0.174. The lowest BCUT2D eigenvalue weighted by Gasteiger charge is -2.15. The third-order valence-electron chi connectivity index (χ3n) is 4.81. The predicted molar refractivity (Wildman–Crippen MR) is 110 cm³/mol. The van der Waals surface area contributed by atoms with Gasteiger partial charge in [-0.25, -0.2) is 8.78 Å². The summed E-state index contributed by atoms with van der Waals surface area (Å²) in [7, 11) is 1.00. The summed E-state index contributed by atoms with van der Waals surface area (Å²) < 4.78 is 65.1. The van der Waals surface area contributed by atoms with Gasteiger partial charge in [0.2, 0.25) is 0 Å². The van der Waals surface area contributed by atoms with Crippen molar-refractivity contribution in [1.82, 2.24) is 0 Å². The van der Waals surface area contributed by atoms with Gasteiger partial charge in [-0.15, -0.1) is 0 Å². The predicted octanol–water partition coefficient (Wildman–Crippen LogP) is 6.04. The molecule has 3 aromatic rings. The van der Waals surface area contributed by atoms with Gasteiger partial charge in [-0.05, 0) is 17.7 Å². The van der Waals surface area contributed by atoms with E-state index in [-0.39, 0.29) is 23.3 Å². The lowest BCUT2D eigenvalue weighted by molar-refractivity contribution is -0.0521. The Bertz CT molecular complexity index is 1170. The first-order valence-electron chi connectivity index (χ1n) is 9.25. The number of halogens is 5.